The quantitative estimate of drug-likeness (QED) is 0.858. The fourth-order valence-electron chi connectivity index (χ4n) is 1.47. The molecule has 0 atom stereocenters. The topological polar surface area (TPSA) is 50.2 Å². The van der Waals surface area contributed by atoms with Crippen LogP contribution in [0.25, 0.3) is 10.6 Å². The van der Waals surface area contributed by atoms with Crippen molar-refractivity contribution in [3.8, 4) is 10.6 Å². The van der Waals surface area contributed by atoms with Gasteiger partial charge in [-0.3, -0.25) is 0 Å². The van der Waals surface area contributed by atoms with E-state index in [9.17, 15) is 26.7 Å². The Balaban J connectivity index is 2.69. The fourth-order valence-corrected chi connectivity index (χ4v) is 2.44. The highest BCUT2D eigenvalue weighted by Gasteiger charge is 2.40. The van der Waals surface area contributed by atoms with E-state index in [4.69, 9.17) is 5.11 Å². The molecule has 0 radical (unpaired) electrons. The predicted molar refractivity (Wildman–Crippen MR) is 59.4 cm³/mol. The molecular formula is C11H4F5NO2S. The molecule has 9 heteroatoms. The molecule has 0 saturated carbocycles. The average Bonchev–Trinajstić information content (AvgIpc) is 2.73. The first kappa shape index (κ1) is 14.4. The lowest BCUT2D eigenvalue weighted by Crippen LogP contribution is -2.11. The zero-order chi connectivity index (χ0) is 15.1. The Morgan fingerprint density at radius 1 is 1.20 bits per heavy atom. The van der Waals surface area contributed by atoms with E-state index in [0.29, 0.717) is 0 Å². The molecule has 0 aliphatic heterocycles. The van der Waals surface area contributed by atoms with Crippen LogP contribution in [0.2, 0.25) is 0 Å². The number of benzene rings is 1. The Labute approximate surface area is 112 Å². The number of alkyl halides is 3. The van der Waals surface area contributed by atoms with Crippen LogP contribution < -0.4 is 0 Å². The van der Waals surface area contributed by atoms with Gasteiger partial charge in [0, 0.05) is 0 Å². The van der Waals surface area contributed by atoms with Crippen molar-refractivity contribution in [3.05, 3.63) is 40.4 Å². The number of nitrogens with zero attached hydrogens (tertiary/aromatic N) is 1. The van der Waals surface area contributed by atoms with Crippen LogP contribution in [0, 0.1) is 11.6 Å². The van der Waals surface area contributed by atoms with Gasteiger partial charge >= 0.3 is 12.1 Å². The van der Waals surface area contributed by atoms with E-state index in [1.165, 1.54) is 0 Å². The lowest BCUT2D eigenvalue weighted by atomic mass is 10.2. The van der Waals surface area contributed by atoms with Gasteiger partial charge in [0.1, 0.15) is 21.5 Å². The van der Waals surface area contributed by atoms with Gasteiger partial charge in [0.05, 0.1) is 5.56 Å². The number of carbonyl (C=O) groups is 1. The molecule has 1 aromatic heterocycles. The van der Waals surface area contributed by atoms with Gasteiger partial charge in [0.25, 0.3) is 0 Å². The van der Waals surface area contributed by atoms with E-state index in [1.54, 1.807) is 0 Å². The van der Waals surface area contributed by atoms with E-state index < -0.39 is 44.9 Å². The van der Waals surface area contributed by atoms with E-state index in [1.807, 2.05) is 0 Å². The number of hydrogen-bond acceptors (Lipinski definition) is 3. The van der Waals surface area contributed by atoms with Crippen LogP contribution in [0.4, 0.5) is 22.0 Å². The van der Waals surface area contributed by atoms with Crippen LogP contribution in [0.5, 0.6) is 0 Å². The lowest BCUT2D eigenvalue weighted by Gasteiger charge is -2.03. The van der Waals surface area contributed by atoms with Crippen LogP contribution in [0.1, 0.15) is 15.4 Å². The maximum Gasteiger partial charge on any atom is 0.435 e. The van der Waals surface area contributed by atoms with Gasteiger partial charge in [0.2, 0.25) is 0 Å². The van der Waals surface area contributed by atoms with Gasteiger partial charge in [-0.25, -0.2) is 18.6 Å². The Morgan fingerprint density at radius 3 is 2.15 bits per heavy atom. The smallest absolute Gasteiger partial charge is 0.435 e. The second-order valence-corrected chi connectivity index (χ2v) is 4.60. The zero-order valence-corrected chi connectivity index (χ0v) is 10.1. The van der Waals surface area contributed by atoms with Crippen molar-refractivity contribution in [1.82, 2.24) is 4.98 Å². The van der Waals surface area contributed by atoms with Crippen molar-refractivity contribution in [2.24, 2.45) is 0 Å². The second kappa shape index (κ2) is 4.82. The summed E-state index contributed by atoms with van der Waals surface area (Å²) in [6.07, 6.45) is -5.02. The van der Waals surface area contributed by atoms with Crippen molar-refractivity contribution in [2.45, 2.75) is 6.18 Å². The normalized spacial score (nSPS) is 11.7. The summed E-state index contributed by atoms with van der Waals surface area (Å²) in [6, 6.07) is 2.71. The first-order chi connectivity index (χ1) is 9.21. The Bertz CT molecular complexity index is 660. The number of carboxylic acids is 1. The SMILES string of the molecule is O=C(O)c1sc(-c2c(F)cccc2F)nc1C(F)(F)F. The first-order valence-corrected chi connectivity index (χ1v) is 5.79. The molecule has 0 aliphatic rings. The molecule has 1 heterocycles. The van der Waals surface area contributed by atoms with Gasteiger partial charge in [-0.2, -0.15) is 13.2 Å². The summed E-state index contributed by atoms with van der Waals surface area (Å²) in [4.78, 5) is 12.7. The van der Waals surface area contributed by atoms with E-state index in [0.717, 1.165) is 18.2 Å². The third kappa shape index (κ3) is 2.48. The van der Waals surface area contributed by atoms with Crippen LogP contribution >= 0.6 is 11.3 Å². The lowest BCUT2D eigenvalue weighted by molar-refractivity contribution is -0.141. The molecule has 2 rings (SSSR count). The summed E-state index contributed by atoms with van der Waals surface area (Å²) in [6.45, 7) is 0. The first-order valence-electron chi connectivity index (χ1n) is 4.97. The summed E-state index contributed by atoms with van der Waals surface area (Å²) in [5.41, 5.74) is -2.46. The highest BCUT2D eigenvalue weighted by molar-refractivity contribution is 7.17. The molecule has 106 valence electrons. The van der Waals surface area contributed by atoms with Crippen LogP contribution in [0.3, 0.4) is 0 Å². The van der Waals surface area contributed by atoms with Gasteiger partial charge in [0.15, 0.2) is 5.69 Å². The highest BCUT2D eigenvalue weighted by atomic mass is 32.1. The van der Waals surface area contributed by atoms with Crippen LogP contribution in [-0.2, 0) is 6.18 Å². The number of aromatic nitrogens is 1. The predicted octanol–water partition coefficient (Wildman–Crippen LogP) is 3.81. The Hall–Kier alpha value is -2.03. The molecule has 0 saturated heterocycles. The fraction of sp³-hybridized carbons (Fsp3) is 0.0909. The molecule has 0 bridgehead atoms. The molecular weight excluding hydrogens is 305 g/mol. The van der Waals surface area contributed by atoms with E-state index in [-0.39, 0.29) is 11.3 Å². The molecule has 0 fully saturated rings. The minimum Gasteiger partial charge on any atom is -0.477 e. The molecule has 2 aromatic rings. The maximum absolute atomic E-state index is 13.5. The zero-order valence-electron chi connectivity index (χ0n) is 9.33. The minimum atomic E-state index is -5.02. The molecule has 0 spiro atoms. The van der Waals surface area contributed by atoms with Crippen molar-refractivity contribution in [1.29, 1.82) is 0 Å². The second-order valence-electron chi connectivity index (χ2n) is 3.60. The average molecular weight is 309 g/mol. The monoisotopic (exact) mass is 309 g/mol. The summed E-state index contributed by atoms with van der Waals surface area (Å²) in [5, 5.41) is 8.04. The van der Waals surface area contributed by atoms with Gasteiger partial charge in [-0.15, -0.1) is 11.3 Å². The molecule has 1 aromatic carbocycles. The molecule has 20 heavy (non-hydrogen) atoms. The third-order valence-corrected chi connectivity index (χ3v) is 3.33. The summed E-state index contributed by atoms with van der Waals surface area (Å²) in [5.74, 6) is -4.10. The van der Waals surface area contributed by atoms with Gasteiger partial charge in [-0.05, 0) is 12.1 Å². The maximum atomic E-state index is 13.5. The molecule has 1 N–H and O–H groups in total. The number of halogens is 5. The van der Waals surface area contributed by atoms with Gasteiger partial charge in [-0.1, -0.05) is 6.07 Å². The van der Waals surface area contributed by atoms with Crippen LogP contribution in [0.15, 0.2) is 18.2 Å². The molecule has 0 unspecified atom stereocenters. The number of rotatable bonds is 2. The molecule has 0 amide bonds. The standard InChI is InChI=1S/C11H4F5NO2S/c12-4-2-1-3-5(13)6(4)9-17-8(11(14,15)16)7(20-9)10(18)19/h1-3H,(H,18,19). The van der Waals surface area contributed by atoms with E-state index in [2.05, 4.69) is 4.98 Å². The summed E-state index contributed by atoms with van der Waals surface area (Å²) < 4.78 is 64.8. The number of thiazole rings is 1. The Morgan fingerprint density at radius 2 is 1.75 bits per heavy atom. The van der Waals surface area contributed by atoms with Crippen molar-refractivity contribution in [3.63, 3.8) is 0 Å². The number of aromatic carboxylic acids is 1. The van der Waals surface area contributed by atoms with Gasteiger partial charge < -0.3 is 5.11 Å². The van der Waals surface area contributed by atoms with Crippen molar-refractivity contribution >= 4 is 17.3 Å². The summed E-state index contributed by atoms with van der Waals surface area (Å²) >= 11 is 0.0653. The molecule has 0 aliphatic carbocycles. The Kier molecular flexibility index (Phi) is 3.46. The number of carboxylic acid groups (broad SMARTS) is 1. The highest BCUT2D eigenvalue weighted by Crippen LogP contribution is 2.38. The van der Waals surface area contributed by atoms with Crippen molar-refractivity contribution in [2.75, 3.05) is 0 Å². The van der Waals surface area contributed by atoms with Crippen molar-refractivity contribution < 1.29 is 31.9 Å². The minimum absolute atomic E-state index is 0.0653. The number of hydrogen-bond donors (Lipinski definition) is 1. The molecule has 3 nitrogen and oxygen atoms in total. The van der Waals surface area contributed by atoms with E-state index >= 15 is 0 Å². The largest absolute Gasteiger partial charge is 0.477 e. The third-order valence-electron chi connectivity index (χ3n) is 2.27. The summed E-state index contributed by atoms with van der Waals surface area (Å²) in [7, 11) is 0. The van der Waals surface area contributed by atoms with Crippen LogP contribution in [-0.4, -0.2) is 16.1 Å².